The van der Waals surface area contributed by atoms with Gasteiger partial charge in [-0.2, -0.15) is 13.2 Å². The number of ether oxygens (including phenoxy) is 1. The maximum atomic E-state index is 15.0. The molecule has 1 saturated carbocycles. The van der Waals surface area contributed by atoms with Crippen molar-refractivity contribution in [3.05, 3.63) is 59.2 Å². The highest BCUT2D eigenvalue weighted by Crippen LogP contribution is 2.58. The summed E-state index contributed by atoms with van der Waals surface area (Å²) < 4.78 is 99.6. The fourth-order valence-corrected chi connectivity index (χ4v) is 7.38. The van der Waals surface area contributed by atoms with Gasteiger partial charge >= 0.3 is 6.18 Å². The quantitative estimate of drug-likeness (QED) is 0.685. The van der Waals surface area contributed by atoms with E-state index in [-0.39, 0.29) is 19.6 Å². The Morgan fingerprint density at radius 1 is 1.06 bits per heavy atom. The van der Waals surface area contributed by atoms with Crippen LogP contribution < -0.4 is 4.74 Å². The summed E-state index contributed by atoms with van der Waals surface area (Å²) in [5.74, 6) is -3.88. The lowest BCUT2D eigenvalue weighted by molar-refractivity contribution is -0.137. The first-order valence-corrected chi connectivity index (χ1v) is 11.2. The normalized spacial score (nSPS) is 26.0. The molecule has 2 aliphatic rings. The molecule has 1 aliphatic heterocycles. The van der Waals surface area contributed by atoms with Gasteiger partial charge in [-0.1, -0.05) is 6.42 Å². The number of rotatable bonds is 3. The number of halogens is 5. The molecular weight excluding hydrogens is 443 g/mol. The number of hydrogen-bond acceptors (Lipinski definition) is 4. The van der Waals surface area contributed by atoms with Crippen LogP contribution in [0.25, 0.3) is 0 Å². The first kappa shape index (κ1) is 22.0. The first-order chi connectivity index (χ1) is 14.5. The van der Waals surface area contributed by atoms with Gasteiger partial charge in [0.15, 0.2) is 21.4 Å². The fraction of sp³-hybridized carbons (Fsp3) is 0.429. The molecule has 10 heteroatoms. The van der Waals surface area contributed by atoms with Crippen LogP contribution in [0.1, 0.15) is 30.4 Å². The van der Waals surface area contributed by atoms with Gasteiger partial charge in [-0.05, 0) is 55.2 Å². The summed E-state index contributed by atoms with van der Waals surface area (Å²) in [7, 11) is -4.51. The standard InChI is InChI=1S/C21H19F5O4S/c22-16-7-8-17(23)19-18(16)20(9-1-2-12(10-27)15(20)11-30-19)31(28,29)14-5-3-13(4-6-14)21(24,25)26/h3-8,12,15,27H,1-2,9-11H2/t12-,15-,20-/m0/s1. The van der Waals surface area contributed by atoms with E-state index < -0.39 is 66.0 Å². The Kier molecular flexibility index (Phi) is 5.28. The van der Waals surface area contributed by atoms with Crippen LogP contribution in [0.15, 0.2) is 41.3 Å². The van der Waals surface area contributed by atoms with Crippen molar-refractivity contribution in [2.75, 3.05) is 13.2 Å². The third-order valence-electron chi connectivity index (χ3n) is 6.39. The number of sulfone groups is 1. The molecule has 0 bridgehead atoms. The molecule has 2 aromatic carbocycles. The van der Waals surface area contributed by atoms with Crippen LogP contribution >= 0.6 is 0 Å². The topological polar surface area (TPSA) is 63.6 Å². The Bertz CT molecular complexity index is 1100. The largest absolute Gasteiger partial charge is 0.490 e. The Morgan fingerprint density at radius 3 is 2.32 bits per heavy atom. The van der Waals surface area contributed by atoms with Crippen molar-refractivity contribution in [2.45, 2.75) is 35.1 Å². The molecule has 31 heavy (non-hydrogen) atoms. The zero-order valence-electron chi connectivity index (χ0n) is 16.1. The molecule has 0 spiro atoms. The number of benzene rings is 2. The molecule has 0 saturated heterocycles. The van der Waals surface area contributed by atoms with Crippen molar-refractivity contribution in [1.29, 1.82) is 0 Å². The van der Waals surface area contributed by atoms with Crippen molar-refractivity contribution < 1.29 is 40.2 Å². The van der Waals surface area contributed by atoms with Crippen LogP contribution in [-0.4, -0.2) is 26.7 Å². The van der Waals surface area contributed by atoms with Gasteiger partial charge in [-0.25, -0.2) is 17.2 Å². The number of alkyl halides is 3. The monoisotopic (exact) mass is 462 g/mol. The number of aliphatic hydroxyl groups excluding tert-OH is 1. The Morgan fingerprint density at radius 2 is 1.71 bits per heavy atom. The molecule has 4 rings (SSSR count). The molecule has 3 atom stereocenters. The summed E-state index contributed by atoms with van der Waals surface area (Å²) >= 11 is 0. The summed E-state index contributed by atoms with van der Waals surface area (Å²) in [5, 5.41) is 9.84. The number of aliphatic hydroxyl groups is 1. The maximum absolute atomic E-state index is 15.0. The van der Waals surface area contributed by atoms with Crippen LogP contribution in [0.4, 0.5) is 22.0 Å². The predicted octanol–water partition coefficient (Wildman–Crippen LogP) is 4.45. The minimum Gasteiger partial charge on any atom is -0.490 e. The molecule has 0 aromatic heterocycles. The van der Waals surface area contributed by atoms with Crippen molar-refractivity contribution >= 4 is 9.84 Å². The van der Waals surface area contributed by atoms with Gasteiger partial charge in [0.05, 0.1) is 22.6 Å². The van der Waals surface area contributed by atoms with Gasteiger partial charge in [0.2, 0.25) is 0 Å². The third kappa shape index (κ3) is 3.22. The van der Waals surface area contributed by atoms with E-state index in [1.807, 2.05) is 0 Å². The zero-order chi connectivity index (χ0) is 22.6. The lowest BCUT2D eigenvalue weighted by Gasteiger charge is -2.50. The Labute approximate surface area is 175 Å². The second-order valence-corrected chi connectivity index (χ2v) is 10.1. The molecule has 1 fully saturated rings. The fourth-order valence-electron chi connectivity index (χ4n) is 4.94. The van der Waals surface area contributed by atoms with Gasteiger partial charge in [0.25, 0.3) is 0 Å². The van der Waals surface area contributed by atoms with Gasteiger partial charge in [0, 0.05) is 12.5 Å². The van der Waals surface area contributed by atoms with Crippen molar-refractivity contribution in [1.82, 2.24) is 0 Å². The molecule has 0 amide bonds. The van der Waals surface area contributed by atoms with Crippen LogP contribution in [0.3, 0.4) is 0 Å². The van der Waals surface area contributed by atoms with Gasteiger partial charge < -0.3 is 9.84 Å². The first-order valence-electron chi connectivity index (χ1n) is 9.68. The third-order valence-corrected chi connectivity index (χ3v) is 8.95. The van der Waals surface area contributed by atoms with Crippen LogP contribution in [-0.2, 0) is 20.8 Å². The van der Waals surface area contributed by atoms with E-state index in [2.05, 4.69) is 0 Å². The molecule has 1 aliphatic carbocycles. The molecule has 1 N–H and O–H groups in total. The summed E-state index contributed by atoms with van der Waals surface area (Å²) in [6, 6.07) is 4.60. The van der Waals surface area contributed by atoms with Crippen LogP contribution in [0.5, 0.6) is 5.75 Å². The second-order valence-electron chi connectivity index (χ2n) is 7.90. The SMILES string of the molecule is O=S(=O)(c1ccc(C(F)(F)F)cc1)[C@@]12CCC[C@@H](CO)[C@@H]1COc1c(F)ccc(F)c12. The number of fused-ring (bicyclic) bond motifs is 3. The Hall–Kier alpha value is -2.20. The summed E-state index contributed by atoms with van der Waals surface area (Å²) in [6.07, 6.45) is -3.97. The van der Waals surface area contributed by atoms with Crippen molar-refractivity contribution in [2.24, 2.45) is 11.8 Å². The van der Waals surface area contributed by atoms with E-state index in [4.69, 9.17) is 4.74 Å². The lowest BCUT2D eigenvalue weighted by atomic mass is 9.67. The van der Waals surface area contributed by atoms with E-state index >= 15 is 4.39 Å². The second kappa shape index (κ2) is 7.44. The van der Waals surface area contributed by atoms with Crippen LogP contribution in [0, 0.1) is 23.5 Å². The average Bonchev–Trinajstić information content (AvgIpc) is 2.74. The van der Waals surface area contributed by atoms with Gasteiger partial charge in [0.1, 0.15) is 10.6 Å². The molecule has 2 aromatic rings. The molecule has 0 unspecified atom stereocenters. The van der Waals surface area contributed by atoms with Gasteiger partial charge in [-0.15, -0.1) is 0 Å². The van der Waals surface area contributed by atoms with E-state index in [9.17, 15) is 31.1 Å². The summed E-state index contributed by atoms with van der Waals surface area (Å²) in [4.78, 5) is -0.430. The maximum Gasteiger partial charge on any atom is 0.416 e. The van der Waals surface area contributed by atoms with E-state index in [1.54, 1.807) is 0 Å². The minimum absolute atomic E-state index is 0.0751. The number of hydrogen-bond donors (Lipinski definition) is 1. The average molecular weight is 462 g/mol. The van der Waals surface area contributed by atoms with E-state index in [1.165, 1.54) is 0 Å². The summed E-state index contributed by atoms with van der Waals surface area (Å²) in [5.41, 5.74) is -1.48. The zero-order valence-corrected chi connectivity index (χ0v) is 16.9. The molecule has 168 valence electrons. The van der Waals surface area contributed by atoms with E-state index in [0.717, 1.165) is 24.3 Å². The van der Waals surface area contributed by atoms with Gasteiger partial charge in [-0.3, -0.25) is 0 Å². The molecule has 0 radical (unpaired) electrons. The predicted molar refractivity (Wildman–Crippen MR) is 100 cm³/mol. The minimum atomic E-state index is -4.66. The highest BCUT2D eigenvalue weighted by Gasteiger charge is 2.60. The van der Waals surface area contributed by atoms with Crippen LogP contribution in [0.2, 0.25) is 0 Å². The highest BCUT2D eigenvalue weighted by atomic mass is 32.2. The summed E-state index contributed by atoms with van der Waals surface area (Å²) in [6.45, 7) is -0.650. The van der Waals surface area contributed by atoms with E-state index in [0.29, 0.717) is 25.0 Å². The molecular formula is C21H19F5O4S. The molecule has 1 heterocycles. The highest BCUT2D eigenvalue weighted by molar-refractivity contribution is 7.92. The Balaban J connectivity index is 1.97. The van der Waals surface area contributed by atoms with Crippen molar-refractivity contribution in [3.8, 4) is 5.75 Å². The smallest absolute Gasteiger partial charge is 0.416 e. The lowest BCUT2D eigenvalue weighted by Crippen LogP contribution is -2.54. The molecule has 4 nitrogen and oxygen atoms in total. The van der Waals surface area contributed by atoms with Crippen molar-refractivity contribution in [3.63, 3.8) is 0 Å².